The van der Waals surface area contributed by atoms with Crippen LogP contribution < -0.4 is 0 Å². The van der Waals surface area contributed by atoms with E-state index in [1.54, 1.807) is 0 Å². The average Bonchev–Trinajstić information content (AvgIpc) is 2.37. The zero-order chi connectivity index (χ0) is 14.5. The highest BCUT2D eigenvalue weighted by Gasteiger charge is 2.20. The number of hydrogen-bond acceptors (Lipinski definition) is 1. The van der Waals surface area contributed by atoms with Crippen molar-refractivity contribution < 1.29 is 5.11 Å². The van der Waals surface area contributed by atoms with E-state index < -0.39 is 0 Å². The zero-order valence-electron chi connectivity index (χ0n) is 13.2. The summed E-state index contributed by atoms with van der Waals surface area (Å²) in [6.45, 7) is 11.0. The van der Waals surface area contributed by atoms with Crippen molar-refractivity contribution in [2.24, 2.45) is 5.92 Å². The number of rotatable bonds is 6. The Morgan fingerprint density at radius 1 is 0.947 bits per heavy atom. The largest absolute Gasteiger partial charge is 0.388 e. The fraction of sp³-hybridized carbons (Fsp3) is 0.667. The minimum atomic E-state index is -0.311. The summed E-state index contributed by atoms with van der Waals surface area (Å²) in [5.74, 6) is 0.399. The monoisotopic (exact) mass is 262 g/mol. The molecule has 0 fully saturated rings. The van der Waals surface area contributed by atoms with Gasteiger partial charge in [0.2, 0.25) is 0 Å². The first-order valence-corrected chi connectivity index (χ1v) is 7.68. The SMILES string of the molecule is CCCC(CCC)C(O)c1ccc(C(C)(C)C)cc1. The van der Waals surface area contributed by atoms with Crippen molar-refractivity contribution in [3.63, 3.8) is 0 Å². The van der Waals surface area contributed by atoms with Gasteiger partial charge in [0.05, 0.1) is 6.10 Å². The molecule has 0 amide bonds. The van der Waals surface area contributed by atoms with Gasteiger partial charge in [-0.25, -0.2) is 0 Å². The molecule has 0 spiro atoms. The smallest absolute Gasteiger partial charge is 0.0818 e. The second kappa shape index (κ2) is 7.09. The van der Waals surface area contributed by atoms with E-state index in [-0.39, 0.29) is 11.5 Å². The van der Waals surface area contributed by atoms with Crippen LogP contribution in [-0.4, -0.2) is 5.11 Å². The molecular weight excluding hydrogens is 232 g/mol. The molecule has 1 aromatic rings. The van der Waals surface area contributed by atoms with Gasteiger partial charge in [-0.05, 0) is 35.3 Å². The third-order valence-electron chi connectivity index (χ3n) is 3.88. The van der Waals surface area contributed by atoms with Crippen LogP contribution >= 0.6 is 0 Å². The number of hydrogen-bond donors (Lipinski definition) is 1. The van der Waals surface area contributed by atoms with E-state index in [4.69, 9.17) is 0 Å². The molecule has 108 valence electrons. The maximum atomic E-state index is 10.5. The van der Waals surface area contributed by atoms with Gasteiger partial charge in [0.15, 0.2) is 0 Å². The van der Waals surface area contributed by atoms with Crippen LogP contribution in [0.25, 0.3) is 0 Å². The zero-order valence-corrected chi connectivity index (χ0v) is 13.2. The Labute approximate surface area is 119 Å². The van der Waals surface area contributed by atoms with Gasteiger partial charge in [-0.1, -0.05) is 71.7 Å². The molecule has 0 saturated carbocycles. The van der Waals surface area contributed by atoms with E-state index in [2.05, 4.69) is 58.9 Å². The second-order valence-corrected chi connectivity index (χ2v) is 6.65. The predicted molar refractivity (Wildman–Crippen MR) is 83.4 cm³/mol. The Bertz CT molecular complexity index is 352. The van der Waals surface area contributed by atoms with Gasteiger partial charge in [0, 0.05) is 0 Å². The molecule has 1 atom stereocenters. The Balaban J connectivity index is 2.83. The Hall–Kier alpha value is -0.820. The summed E-state index contributed by atoms with van der Waals surface area (Å²) in [5, 5.41) is 10.5. The first kappa shape index (κ1) is 16.2. The molecule has 0 radical (unpaired) electrons. The lowest BCUT2D eigenvalue weighted by atomic mass is 9.84. The highest BCUT2D eigenvalue weighted by atomic mass is 16.3. The van der Waals surface area contributed by atoms with Crippen LogP contribution in [0.3, 0.4) is 0 Å². The summed E-state index contributed by atoms with van der Waals surface area (Å²) in [6, 6.07) is 8.52. The molecule has 0 aliphatic rings. The summed E-state index contributed by atoms with van der Waals surface area (Å²) in [7, 11) is 0. The van der Waals surface area contributed by atoms with Gasteiger partial charge in [-0.3, -0.25) is 0 Å². The van der Waals surface area contributed by atoms with Crippen molar-refractivity contribution in [3.05, 3.63) is 35.4 Å². The Morgan fingerprint density at radius 2 is 1.42 bits per heavy atom. The maximum absolute atomic E-state index is 10.5. The van der Waals surface area contributed by atoms with Crippen molar-refractivity contribution in [3.8, 4) is 0 Å². The minimum Gasteiger partial charge on any atom is -0.388 e. The van der Waals surface area contributed by atoms with Gasteiger partial charge in [-0.2, -0.15) is 0 Å². The maximum Gasteiger partial charge on any atom is 0.0818 e. The topological polar surface area (TPSA) is 20.2 Å². The molecule has 0 aliphatic carbocycles. The molecule has 0 heterocycles. The number of aliphatic hydroxyl groups is 1. The van der Waals surface area contributed by atoms with Crippen molar-refractivity contribution in [2.75, 3.05) is 0 Å². The lowest BCUT2D eigenvalue weighted by molar-refractivity contribution is 0.0964. The summed E-state index contributed by atoms with van der Waals surface area (Å²) >= 11 is 0. The van der Waals surface area contributed by atoms with E-state index >= 15 is 0 Å². The third kappa shape index (κ3) is 4.65. The van der Waals surface area contributed by atoms with Crippen molar-refractivity contribution in [1.82, 2.24) is 0 Å². The predicted octanol–water partition coefficient (Wildman–Crippen LogP) is 5.23. The summed E-state index contributed by atoms with van der Waals surface area (Å²) < 4.78 is 0. The van der Waals surface area contributed by atoms with Gasteiger partial charge in [0.25, 0.3) is 0 Å². The summed E-state index contributed by atoms with van der Waals surface area (Å²) in [5.41, 5.74) is 2.57. The first-order chi connectivity index (χ1) is 8.90. The summed E-state index contributed by atoms with van der Waals surface area (Å²) in [6.07, 6.45) is 4.18. The van der Waals surface area contributed by atoms with Gasteiger partial charge in [0.1, 0.15) is 0 Å². The number of aliphatic hydroxyl groups excluding tert-OH is 1. The number of benzene rings is 1. The van der Waals surface area contributed by atoms with E-state index in [0.717, 1.165) is 31.2 Å². The fourth-order valence-corrected chi connectivity index (χ4v) is 2.65. The van der Waals surface area contributed by atoms with E-state index in [0.29, 0.717) is 5.92 Å². The van der Waals surface area contributed by atoms with Crippen LogP contribution in [0.4, 0.5) is 0 Å². The summed E-state index contributed by atoms with van der Waals surface area (Å²) in [4.78, 5) is 0. The van der Waals surface area contributed by atoms with Crippen LogP contribution in [0.15, 0.2) is 24.3 Å². The van der Waals surface area contributed by atoms with Crippen molar-refractivity contribution in [2.45, 2.75) is 71.8 Å². The fourth-order valence-electron chi connectivity index (χ4n) is 2.65. The van der Waals surface area contributed by atoms with Gasteiger partial charge >= 0.3 is 0 Å². The van der Waals surface area contributed by atoms with Gasteiger partial charge < -0.3 is 5.11 Å². The molecule has 1 N–H and O–H groups in total. The van der Waals surface area contributed by atoms with E-state index in [1.165, 1.54) is 5.56 Å². The van der Waals surface area contributed by atoms with Crippen LogP contribution in [0.5, 0.6) is 0 Å². The van der Waals surface area contributed by atoms with E-state index in [1.807, 2.05) is 0 Å². The van der Waals surface area contributed by atoms with Gasteiger partial charge in [-0.15, -0.1) is 0 Å². The van der Waals surface area contributed by atoms with Crippen LogP contribution in [0, 0.1) is 5.92 Å². The molecule has 0 bridgehead atoms. The molecule has 1 unspecified atom stereocenters. The molecule has 0 saturated heterocycles. The highest BCUT2D eigenvalue weighted by Crippen LogP contribution is 2.31. The molecule has 0 aliphatic heterocycles. The van der Waals surface area contributed by atoms with Crippen LogP contribution in [0.1, 0.15) is 77.5 Å². The third-order valence-corrected chi connectivity index (χ3v) is 3.88. The standard InChI is InChI=1S/C18H30O/c1-6-8-14(9-7-2)17(19)15-10-12-16(13-11-15)18(3,4)5/h10-14,17,19H,6-9H2,1-5H3. The molecule has 1 aromatic carbocycles. The normalized spacial score (nSPS) is 13.8. The molecule has 1 rings (SSSR count). The molecular formula is C18H30O. The Kier molecular flexibility index (Phi) is 6.06. The molecule has 0 aromatic heterocycles. The second-order valence-electron chi connectivity index (χ2n) is 6.65. The van der Waals surface area contributed by atoms with Crippen LogP contribution in [0.2, 0.25) is 0 Å². The van der Waals surface area contributed by atoms with Crippen molar-refractivity contribution in [1.29, 1.82) is 0 Å². The molecule has 1 nitrogen and oxygen atoms in total. The highest BCUT2D eigenvalue weighted by molar-refractivity contribution is 5.28. The minimum absolute atomic E-state index is 0.176. The average molecular weight is 262 g/mol. The lowest BCUT2D eigenvalue weighted by Crippen LogP contribution is -2.14. The molecule has 1 heteroatoms. The van der Waals surface area contributed by atoms with Crippen LogP contribution in [-0.2, 0) is 5.41 Å². The molecule has 19 heavy (non-hydrogen) atoms. The Morgan fingerprint density at radius 3 is 1.79 bits per heavy atom. The van der Waals surface area contributed by atoms with Crippen molar-refractivity contribution >= 4 is 0 Å². The first-order valence-electron chi connectivity index (χ1n) is 7.68. The van der Waals surface area contributed by atoms with E-state index in [9.17, 15) is 5.11 Å². The quantitative estimate of drug-likeness (QED) is 0.744. The lowest BCUT2D eigenvalue weighted by Gasteiger charge is -2.24.